The Bertz CT molecular complexity index is 1710. The van der Waals surface area contributed by atoms with Gasteiger partial charge in [-0.25, -0.2) is 0 Å². The summed E-state index contributed by atoms with van der Waals surface area (Å²) in [6, 6.07) is 30.4. The highest BCUT2D eigenvalue weighted by atomic mass is 32.1. The molecule has 0 saturated carbocycles. The third-order valence-electron chi connectivity index (χ3n) is 7.76. The summed E-state index contributed by atoms with van der Waals surface area (Å²) in [5.41, 5.74) is 9.14. The van der Waals surface area contributed by atoms with Crippen LogP contribution in [-0.4, -0.2) is 21.8 Å². The number of anilines is 1. The van der Waals surface area contributed by atoms with Crippen molar-refractivity contribution in [2.45, 2.75) is 39.8 Å². The van der Waals surface area contributed by atoms with Crippen LogP contribution in [0, 0.1) is 27.7 Å². The molecule has 0 aliphatic carbocycles. The zero-order valence-corrected chi connectivity index (χ0v) is 25.3. The van der Waals surface area contributed by atoms with Crippen molar-refractivity contribution in [2.75, 3.05) is 12.0 Å². The molecule has 0 radical (unpaired) electrons. The predicted octanol–water partition coefficient (Wildman–Crippen LogP) is 8.08. The van der Waals surface area contributed by atoms with E-state index in [-0.39, 0.29) is 12.1 Å². The lowest BCUT2D eigenvalue weighted by molar-refractivity contribution is 0.413. The number of aryl methyl sites for hydroxylation is 3. The SMILES string of the molecule is COc1ccc(Oc2ccc(N3C(=S)NC(c4ccccn4)C3c3cc(C)n(-c4cc(C)cc(C)c4)c3C)cc2)cc1. The number of nitrogens with zero attached hydrogens (tertiary/aromatic N) is 3. The number of ether oxygens (including phenoxy) is 2. The van der Waals surface area contributed by atoms with Crippen molar-refractivity contribution in [3.63, 3.8) is 0 Å². The molecule has 212 valence electrons. The Morgan fingerprint density at radius 1 is 0.762 bits per heavy atom. The first-order chi connectivity index (χ1) is 20.3. The van der Waals surface area contributed by atoms with Gasteiger partial charge in [0.1, 0.15) is 17.2 Å². The molecule has 42 heavy (non-hydrogen) atoms. The summed E-state index contributed by atoms with van der Waals surface area (Å²) in [5, 5.41) is 4.25. The maximum atomic E-state index is 6.09. The van der Waals surface area contributed by atoms with Crippen LogP contribution >= 0.6 is 12.2 Å². The largest absolute Gasteiger partial charge is 0.497 e. The van der Waals surface area contributed by atoms with Gasteiger partial charge in [0, 0.05) is 29.0 Å². The zero-order chi connectivity index (χ0) is 29.4. The number of aromatic nitrogens is 2. The number of methoxy groups -OCH3 is 1. The van der Waals surface area contributed by atoms with E-state index in [1.807, 2.05) is 54.7 Å². The van der Waals surface area contributed by atoms with Gasteiger partial charge in [-0.3, -0.25) is 4.98 Å². The summed E-state index contributed by atoms with van der Waals surface area (Å²) in [7, 11) is 1.65. The molecule has 0 spiro atoms. The molecule has 1 aliphatic heterocycles. The molecule has 3 heterocycles. The van der Waals surface area contributed by atoms with Crippen LogP contribution in [0.25, 0.3) is 5.69 Å². The van der Waals surface area contributed by atoms with Crippen LogP contribution < -0.4 is 19.7 Å². The summed E-state index contributed by atoms with van der Waals surface area (Å²) in [4.78, 5) is 6.94. The quantitative estimate of drug-likeness (QED) is 0.198. The van der Waals surface area contributed by atoms with E-state index in [0.717, 1.165) is 28.6 Å². The van der Waals surface area contributed by atoms with Gasteiger partial charge in [0.05, 0.1) is 24.9 Å². The molecule has 7 heteroatoms. The Morgan fingerprint density at radius 3 is 2.02 bits per heavy atom. The smallest absolute Gasteiger partial charge is 0.174 e. The van der Waals surface area contributed by atoms with Crippen molar-refractivity contribution in [2.24, 2.45) is 0 Å². The minimum absolute atomic E-state index is 0.105. The molecule has 0 bridgehead atoms. The van der Waals surface area contributed by atoms with Gasteiger partial charge in [0.2, 0.25) is 0 Å². The molecular weight excluding hydrogens is 540 g/mol. The summed E-state index contributed by atoms with van der Waals surface area (Å²) in [6.07, 6.45) is 1.84. The molecule has 2 atom stereocenters. The zero-order valence-electron chi connectivity index (χ0n) is 24.5. The maximum absolute atomic E-state index is 6.09. The molecule has 1 N–H and O–H groups in total. The van der Waals surface area contributed by atoms with Gasteiger partial charge in [-0.2, -0.15) is 0 Å². The standard InChI is InChI=1S/C35H34N4O2S/c1-22-18-23(2)20-27(19-22)38-24(3)21-31(25(38)4)34-33(32-8-6-7-17-36-32)37-35(42)39(34)26-9-11-29(12-10-26)41-30-15-13-28(40-5)14-16-30/h6-21,33-34H,1-5H3,(H,37,42). The lowest BCUT2D eigenvalue weighted by Gasteiger charge is -2.28. The highest BCUT2D eigenvalue weighted by molar-refractivity contribution is 7.80. The Balaban J connectivity index is 1.39. The van der Waals surface area contributed by atoms with Gasteiger partial charge in [0.15, 0.2) is 5.11 Å². The molecule has 0 amide bonds. The first-order valence-electron chi connectivity index (χ1n) is 14.0. The van der Waals surface area contributed by atoms with Crippen LogP contribution in [0.3, 0.4) is 0 Å². The monoisotopic (exact) mass is 574 g/mol. The van der Waals surface area contributed by atoms with Gasteiger partial charge < -0.3 is 24.3 Å². The number of pyridine rings is 1. The van der Waals surface area contributed by atoms with Crippen LogP contribution in [0.2, 0.25) is 0 Å². The van der Waals surface area contributed by atoms with E-state index >= 15 is 0 Å². The molecule has 1 saturated heterocycles. The molecular formula is C35H34N4O2S. The number of thiocarbonyl (C=S) groups is 1. The number of rotatable bonds is 7. The molecule has 3 aromatic carbocycles. The van der Waals surface area contributed by atoms with Crippen LogP contribution in [-0.2, 0) is 0 Å². The normalized spacial score (nSPS) is 16.4. The fourth-order valence-electron chi connectivity index (χ4n) is 5.97. The molecule has 5 aromatic rings. The van der Waals surface area contributed by atoms with Crippen molar-refractivity contribution in [3.8, 4) is 22.9 Å². The highest BCUT2D eigenvalue weighted by Crippen LogP contribution is 2.44. The van der Waals surface area contributed by atoms with E-state index in [1.165, 1.54) is 33.8 Å². The second kappa shape index (κ2) is 11.3. The van der Waals surface area contributed by atoms with Crippen LogP contribution in [0.4, 0.5) is 5.69 Å². The summed E-state index contributed by atoms with van der Waals surface area (Å²) >= 11 is 5.99. The van der Waals surface area contributed by atoms with Crippen molar-refractivity contribution >= 4 is 23.0 Å². The van der Waals surface area contributed by atoms with Crippen molar-refractivity contribution in [1.29, 1.82) is 0 Å². The summed E-state index contributed by atoms with van der Waals surface area (Å²) < 4.78 is 13.7. The average Bonchev–Trinajstić information content (AvgIpc) is 3.48. The number of nitrogens with one attached hydrogen (secondary N) is 1. The van der Waals surface area contributed by atoms with Crippen LogP contribution in [0.5, 0.6) is 17.2 Å². The van der Waals surface area contributed by atoms with Crippen molar-refractivity contribution < 1.29 is 9.47 Å². The third-order valence-corrected chi connectivity index (χ3v) is 8.08. The maximum Gasteiger partial charge on any atom is 0.174 e. The first-order valence-corrected chi connectivity index (χ1v) is 14.4. The molecule has 1 fully saturated rings. The van der Waals surface area contributed by atoms with Crippen LogP contribution in [0.15, 0.2) is 97.2 Å². The minimum atomic E-state index is -0.123. The fraction of sp³-hybridized carbons (Fsp3) is 0.200. The second-order valence-electron chi connectivity index (χ2n) is 10.8. The second-order valence-corrected chi connectivity index (χ2v) is 11.2. The Kier molecular flexibility index (Phi) is 7.43. The van der Waals surface area contributed by atoms with Crippen molar-refractivity contribution in [3.05, 3.63) is 131 Å². The van der Waals surface area contributed by atoms with E-state index in [9.17, 15) is 0 Å². The van der Waals surface area contributed by atoms with Gasteiger partial charge in [-0.15, -0.1) is 0 Å². The van der Waals surface area contributed by atoms with E-state index in [0.29, 0.717) is 5.11 Å². The summed E-state index contributed by atoms with van der Waals surface area (Å²) in [5.74, 6) is 2.28. The lowest BCUT2D eigenvalue weighted by atomic mass is 9.96. The van der Waals surface area contributed by atoms with E-state index in [1.54, 1.807) is 7.11 Å². The number of benzene rings is 3. The fourth-order valence-corrected chi connectivity index (χ4v) is 6.31. The van der Waals surface area contributed by atoms with Gasteiger partial charge in [-0.05, 0) is 135 Å². The predicted molar refractivity (Wildman–Crippen MR) is 172 cm³/mol. The Morgan fingerprint density at radius 2 is 1.40 bits per heavy atom. The van der Waals surface area contributed by atoms with E-state index in [2.05, 4.69) is 84.9 Å². The molecule has 2 aromatic heterocycles. The number of hydrogen-bond donors (Lipinski definition) is 1. The lowest BCUT2D eigenvalue weighted by Crippen LogP contribution is -2.29. The van der Waals surface area contributed by atoms with Crippen molar-refractivity contribution in [1.82, 2.24) is 14.9 Å². The highest BCUT2D eigenvalue weighted by Gasteiger charge is 2.42. The third kappa shape index (κ3) is 5.23. The Labute approximate surface area is 252 Å². The van der Waals surface area contributed by atoms with E-state index < -0.39 is 0 Å². The van der Waals surface area contributed by atoms with Crippen LogP contribution in [0.1, 0.15) is 45.9 Å². The molecule has 1 aliphatic rings. The van der Waals surface area contributed by atoms with Gasteiger partial charge in [0.25, 0.3) is 0 Å². The molecule has 6 rings (SSSR count). The van der Waals surface area contributed by atoms with Gasteiger partial charge in [-0.1, -0.05) is 12.1 Å². The minimum Gasteiger partial charge on any atom is -0.497 e. The molecule has 2 unspecified atom stereocenters. The Hall–Kier alpha value is -4.62. The average molecular weight is 575 g/mol. The summed E-state index contributed by atoms with van der Waals surface area (Å²) in [6.45, 7) is 8.65. The first kappa shape index (κ1) is 27.5. The van der Waals surface area contributed by atoms with Gasteiger partial charge >= 0.3 is 0 Å². The topological polar surface area (TPSA) is 51.6 Å². The van der Waals surface area contributed by atoms with E-state index in [4.69, 9.17) is 26.7 Å². The number of hydrogen-bond acceptors (Lipinski definition) is 4. The molecule has 6 nitrogen and oxygen atoms in total.